The summed E-state index contributed by atoms with van der Waals surface area (Å²) in [6.45, 7) is 5.74. The normalized spacial score (nSPS) is 15.1. The SMILES string of the molecule is CCS(=O)(=O)CC(C)NC(C)CCc1ccccc1. The highest BCUT2D eigenvalue weighted by atomic mass is 32.2. The van der Waals surface area contributed by atoms with Crippen LogP contribution in [-0.4, -0.2) is 32.0 Å². The van der Waals surface area contributed by atoms with Crippen LogP contribution in [0.25, 0.3) is 0 Å². The third-order valence-electron chi connectivity index (χ3n) is 3.22. The molecular weight excluding hydrogens is 258 g/mol. The lowest BCUT2D eigenvalue weighted by atomic mass is 10.1. The molecule has 0 saturated heterocycles. The zero-order valence-corrected chi connectivity index (χ0v) is 12.9. The number of nitrogens with one attached hydrogen (secondary N) is 1. The van der Waals surface area contributed by atoms with E-state index in [1.807, 2.05) is 25.1 Å². The Morgan fingerprint density at radius 3 is 2.32 bits per heavy atom. The molecule has 0 aromatic heterocycles. The van der Waals surface area contributed by atoms with E-state index in [0.717, 1.165) is 12.8 Å². The van der Waals surface area contributed by atoms with Crippen LogP contribution < -0.4 is 5.32 Å². The molecule has 4 heteroatoms. The van der Waals surface area contributed by atoms with Crippen LogP contribution >= 0.6 is 0 Å². The molecule has 2 unspecified atom stereocenters. The van der Waals surface area contributed by atoms with Gasteiger partial charge < -0.3 is 5.32 Å². The van der Waals surface area contributed by atoms with Gasteiger partial charge in [0.05, 0.1) is 5.75 Å². The number of aryl methyl sites for hydroxylation is 1. The van der Waals surface area contributed by atoms with Crippen LogP contribution in [0.15, 0.2) is 30.3 Å². The van der Waals surface area contributed by atoms with Crippen molar-refractivity contribution >= 4 is 9.84 Å². The van der Waals surface area contributed by atoms with Gasteiger partial charge in [-0.2, -0.15) is 0 Å². The van der Waals surface area contributed by atoms with E-state index in [1.165, 1.54) is 5.56 Å². The van der Waals surface area contributed by atoms with Crippen molar-refractivity contribution in [2.45, 2.75) is 45.7 Å². The molecule has 19 heavy (non-hydrogen) atoms. The van der Waals surface area contributed by atoms with E-state index in [1.54, 1.807) is 6.92 Å². The Morgan fingerprint density at radius 2 is 1.74 bits per heavy atom. The smallest absolute Gasteiger partial charge is 0.151 e. The van der Waals surface area contributed by atoms with Crippen molar-refractivity contribution < 1.29 is 8.42 Å². The summed E-state index contributed by atoms with van der Waals surface area (Å²) < 4.78 is 23.1. The first kappa shape index (κ1) is 16.2. The maximum absolute atomic E-state index is 11.5. The van der Waals surface area contributed by atoms with Crippen molar-refractivity contribution in [3.63, 3.8) is 0 Å². The molecule has 0 aliphatic heterocycles. The van der Waals surface area contributed by atoms with Crippen LogP contribution in [0.4, 0.5) is 0 Å². The van der Waals surface area contributed by atoms with Crippen molar-refractivity contribution in [2.75, 3.05) is 11.5 Å². The van der Waals surface area contributed by atoms with Crippen molar-refractivity contribution in [1.29, 1.82) is 0 Å². The third kappa shape index (κ3) is 6.73. The lowest BCUT2D eigenvalue weighted by Crippen LogP contribution is -2.39. The molecule has 0 saturated carbocycles. The summed E-state index contributed by atoms with van der Waals surface area (Å²) in [5.41, 5.74) is 1.32. The number of hydrogen-bond donors (Lipinski definition) is 1. The minimum absolute atomic E-state index is 0.00993. The standard InChI is InChI=1S/C15H25NO2S/c1-4-19(17,18)12-14(3)16-13(2)10-11-15-8-6-5-7-9-15/h5-9,13-14,16H,4,10-12H2,1-3H3. The van der Waals surface area contributed by atoms with Crippen molar-refractivity contribution in [3.8, 4) is 0 Å². The average molecular weight is 283 g/mol. The van der Waals surface area contributed by atoms with Gasteiger partial charge in [0, 0.05) is 17.8 Å². The lowest BCUT2D eigenvalue weighted by Gasteiger charge is -2.19. The Labute approximate surface area is 117 Å². The number of hydrogen-bond acceptors (Lipinski definition) is 3. The molecule has 0 aliphatic rings. The van der Waals surface area contributed by atoms with Crippen LogP contribution in [0.1, 0.15) is 32.8 Å². The summed E-state index contributed by atoms with van der Waals surface area (Å²) in [6.07, 6.45) is 2.03. The van der Waals surface area contributed by atoms with E-state index in [-0.39, 0.29) is 17.5 Å². The molecule has 1 rings (SSSR count). The fourth-order valence-electron chi connectivity index (χ4n) is 2.14. The second kappa shape index (κ2) is 7.65. The molecule has 108 valence electrons. The average Bonchev–Trinajstić information content (AvgIpc) is 2.37. The largest absolute Gasteiger partial charge is 0.311 e. The minimum atomic E-state index is -2.89. The van der Waals surface area contributed by atoms with Crippen LogP contribution in [-0.2, 0) is 16.3 Å². The van der Waals surface area contributed by atoms with Crippen molar-refractivity contribution in [2.24, 2.45) is 0 Å². The van der Waals surface area contributed by atoms with Gasteiger partial charge >= 0.3 is 0 Å². The number of rotatable bonds is 8. The molecular formula is C15H25NO2S. The second-order valence-corrected chi connectivity index (χ2v) is 7.59. The maximum Gasteiger partial charge on any atom is 0.151 e. The number of sulfone groups is 1. The van der Waals surface area contributed by atoms with Gasteiger partial charge in [-0.15, -0.1) is 0 Å². The first-order valence-electron chi connectivity index (χ1n) is 6.93. The molecule has 0 aliphatic carbocycles. The predicted octanol–water partition coefficient (Wildman–Crippen LogP) is 2.42. The fraction of sp³-hybridized carbons (Fsp3) is 0.600. The molecule has 1 N–H and O–H groups in total. The first-order valence-corrected chi connectivity index (χ1v) is 8.75. The van der Waals surface area contributed by atoms with Crippen molar-refractivity contribution in [1.82, 2.24) is 5.32 Å². The van der Waals surface area contributed by atoms with Crippen LogP contribution in [0, 0.1) is 0 Å². The van der Waals surface area contributed by atoms with E-state index in [0.29, 0.717) is 6.04 Å². The van der Waals surface area contributed by atoms with Gasteiger partial charge in [0.1, 0.15) is 0 Å². The maximum atomic E-state index is 11.5. The number of benzene rings is 1. The molecule has 2 atom stereocenters. The van der Waals surface area contributed by atoms with E-state index >= 15 is 0 Å². The Bertz CT molecular complexity index is 456. The van der Waals surface area contributed by atoms with Gasteiger partial charge in [-0.05, 0) is 32.3 Å². The van der Waals surface area contributed by atoms with E-state index in [9.17, 15) is 8.42 Å². The zero-order valence-electron chi connectivity index (χ0n) is 12.1. The highest BCUT2D eigenvalue weighted by molar-refractivity contribution is 7.91. The summed E-state index contributed by atoms with van der Waals surface area (Å²) in [6, 6.07) is 10.7. The molecule has 0 spiro atoms. The van der Waals surface area contributed by atoms with Gasteiger partial charge in [0.15, 0.2) is 9.84 Å². The van der Waals surface area contributed by atoms with Gasteiger partial charge in [-0.3, -0.25) is 0 Å². The Morgan fingerprint density at radius 1 is 1.11 bits per heavy atom. The van der Waals surface area contributed by atoms with Gasteiger partial charge in [-0.25, -0.2) is 8.42 Å². The molecule has 1 aromatic rings. The monoisotopic (exact) mass is 283 g/mol. The zero-order chi connectivity index (χ0) is 14.3. The van der Waals surface area contributed by atoms with Gasteiger partial charge in [0.25, 0.3) is 0 Å². The van der Waals surface area contributed by atoms with Crippen LogP contribution in [0.2, 0.25) is 0 Å². The van der Waals surface area contributed by atoms with Gasteiger partial charge in [-0.1, -0.05) is 37.3 Å². The highest BCUT2D eigenvalue weighted by Gasteiger charge is 2.15. The van der Waals surface area contributed by atoms with Crippen LogP contribution in [0.3, 0.4) is 0 Å². The van der Waals surface area contributed by atoms with Crippen LogP contribution in [0.5, 0.6) is 0 Å². The summed E-state index contributed by atoms with van der Waals surface area (Å²) in [5, 5.41) is 3.36. The molecule has 0 heterocycles. The topological polar surface area (TPSA) is 46.2 Å². The summed E-state index contributed by atoms with van der Waals surface area (Å²) in [7, 11) is -2.89. The molecule has 0 radical (unpaired) electrons. The van der Waals surface area contributed by atoms with E-state index in [4.69, 9.17) is 0 Å². The third-order valence-corrected chi connectivity index (χ3v) is 5.11. The molecule has 0 amide bonds. The Balaban J connectivity index is 2.33. The summed E-state index contributed by atoms with van der Waals surface area (Å²) in [4.78, 5) is 0. The first-order chi connectivity index (χ1) is 8.93. The Hall–Kier alpha value is -0.870. The fourth-order valence-corrected chi connectivity index (χ4v) is 3.24. The minimum Gasteiger partial charge on any atom is -0.311 e. The van der Waals surface area contributed by atoms with E-state index < -0.39 is 9.84 Å². The molecule has 3 nitrogen and oxygen atoms in total. The second-order valence-electron chi connectivity index (χ2n) is 5.19. The molecule has 0 fully saturated rings. The van der Waals surface area contributed by atoms with E-state index in [2.05, 4.69) is 24.4 Å². The highest BCUT2D eigenvalue weighted by Crippen LogP contribution is 2.06. The lowest BCUT2D eigenvalue weighted by molar-refractivity contribution is 0.463. The van der Waals surface area contributed by atoms with Gasteiger partial charge in [0.2, 0.25) is 0 Å². The molecule has 1 aromatic carbocycles. The molecule has 0 bridgehead atoms. The summed E-state index contributed by atoms with van der Waals surface area (Å²) in [5.74, 6) is 0.441. The summed E-state index contributed by atoms with van der Waals surface area (Å²) >= 11 is 0. The van der Waals surface area contributed by atoms with Crippen molar-refractivity contribution in [3.05, 3.63) is 35.9 Å². The Kier molecular flexibility index (Phi) is 6.52. The predicted molar refractivity (Wildman–Crippen MR) is 81.2 cm³/mol. The quantitative estimate of drug-likeness (QED) is 0.797.